The molecule has 1 aliphatic heterocycles. The molecule has 200 valence electrons. The first-order valence-corrected chi connectivity index (χ1v) is 12.6. The van der Waals surface area contributed by atoms with Crippen molar-refractivity contribution in [1.82, 2.24) is 15.1 Å². The largest absolute Gasteiger partial charge is 0.497 e. The van der Waals surface area contributed by atoms with Crippen LogP contribution in [0.2, 0.25) is 0 Å². The van der Waals surface area contributed by atoms with E-state index in [0.717, 1.165) is 5.56 Å². The van der Waals surface area contributed by atoms with Gasteiger partial charge in [0.1, 0.15) is 11.8 Å². The lowest BCUT2D eigenvalue weighted by atomic mass is 9.94. The summed E-state index contributed by atoms with van der Waals surface area (Å²) in [4.78, 5) is 42.9. The van der Waals surface area contributed by atoms with Crippen molar-refractivity contribution in [1.29, 1.82) is 0 Å². The fraction of sp³-hybridized carbons (Fsp3) is 0.464. The van der Waals surface area contributed by atoms with Gasteiger partial charge in [-0.05, 0) is 50.1 Å². The highest BCUT2D eigenvalue weighted by Gasteiger charge is 2.32. The van der Waals surface area contributed by atoms with Gasteiger partial charge in [-0.3, -0.25) is 14.5 Å². The number of hydrogen-bond acceptors (Lipinski definition) is 5. The van der Waals surface area contributed by atoms with E-state index in [-0.39, 0.29) is 23.8 Å². The van der Waals surface area contributed by atoms with E-state index in [9.17, 15) is 19.5 Å². The van der Waals surface area contributed by atoms with Crippen molar-refractivity contribution in [2.45, 2.75) is 44.7 Å². The zero-order chi connectivity index (χ0) is 27.0. The van der Waals surface area contributed by atoms with Crippen LogP contribution in [0.25, 0.3) is 0 Å². The van der Waals surface area contributed by atoms with E-state index >= 15 is 0 Å². The lowest BCUT2D eigenvalue weighted by molar-refractivity contribution is -0.127. The molecule has 0 saturated carbocycles. The van der Waals surface area contributed by atoms with Crippen LogP contribution in [0.1, 0.15) is 32.3 Å². The maximum Gasteiger partial charge on any atom is 0.407 e. The molecular formula is C28H38N4O5. The van der Waals surface area contributed by atoms with Crippen LogP contribution < -0.4 is 15.0 Å². The molecule has 9 nitrogen and oxygen atoms in total. The van der Waals surface area contributed by atoms with Crippen LogP contribution in [0.15, 0.2) is 54.6 Å². The number of nitrogens with zero attached hydrogens (tertiary/aromatic N) is 3. The minimum absolute atomic E-state index is 0.186. The number of likely N-dealkylation sites (N-methyl/N-ethyl adjacent to an activating group) is 1. The smallest absolute Gasteiger partial charge is 0.407 e. The molecule has 37 heavy (non-hydrogen) atoms. The molecule has 0 aromatic heterocycles. The lowest BCUT2D eigenvalue weighted by Crippen LogP contribution is -2.56. The van der Waals surface area contributed by atoms with Gasteiger partial charge in [0, 0.05) is 57.3 Å². The summed E-state index contributed by atoms with van der Waals surface area (Å²) in [5.41, 5.74) is 1.39. The van der Waals surface area contributed by atoms with E-state index in [0.29, 0.717) is 50.5 Å². The summed E-state index contributed by atoms with van der Waals surface area (Å²) < 4.78 is 5.21. The molecule has 0 bridgehead atoms. The summed E-state index contributed by atoms with van der Waals surface area (Å²) in [6.45, 7) is 6.31. The third-order valence-electron chi connectivity index (χ3n) is 7.08. The van der Waals surface area contributed by atoms with Gasteiger partial charge in [-0.15, -0.1) is 0 Å². The number of amides is 3. The number of benzene rings is 2. The Hall–Kier alpha value is -3.59. The highest BCUT2D eigenvalue weighted by atomic mass is 16.5. The summed E-state index contributed by atoms with van der Waals surface area (Å²) in [6, 6.07) is 16.1. The number of methoxy groups -OCH3 is 1. The van der Waals surface area contributed by atoms with Crippen LogP contribution in [-0.4, -0.2) is 84.7 Å². The van der Waals surface area contributed by atoms with E-state index in [1.807, 2.05) is 42.5 Å². The van der Waals surface area contributed by atoms with E-state index in [2.05, 4.69) is 24.1 Å². The highest BCUT2D eigenvalue weighted by molar-refractivity contribution is 5.99. The van der Waals surface area contributed by atoms with Gasteiger partial charge in [-0.2, -0.15) is 0 Å². The maximum absolute atomic E-state index is 13.5. The molecule has 1 heterocycles. The SMILES string of the molecule is COc1ccc(N(C)C(=O)C(Cc2ccccc2)NC(=O)CCC(C)(C)N2CCN(C(=O)O)CC2)cc1. The van der Waals surface area contributed by atoms with E-state index in [4.69, 9.17) is 4.74 Å². The molecule has 1 unspecified atom stereocenters. The van der Waals surface area contributed by atoms with Crippen molar-refractivity contribution in [2.75, 3.05) is 45.2 Å². The summed E-state index contributed by atoms with van der Waals surface area (Å²) in [7, 11) is 3.29. The summed E-state index contributed by atoms with van der Waals surface area (Å²) in [5, 5.41) is 12.2. The normalized spacial score (nSPS) is 15.1. The predicted octanol–water partition coefficient (Wildman–Crippen LogP) is 3.24. The first-order valence-electron chi connectivity index (χ1n) is 12.6. The fourth-order valence-electron chi connectivity index (χ4n) is 4.56. The van der Waals surface area contributed by atoms with Crippen molar-refractivity contribution < 1.29 is 24.2 Å². The average Bonchev–Trinajstić information content (AvgIpc) is 2.91. The summed E-state index contributed by atoms with van der Waals surface area (Å²) in [6.07, 6.45) is 0.334. The second-order valence-corrected chi connectivity index (χ2v) is 9.97. The van der Waals surface area contributed by atoms with Gasteiger partial charge < -0.3 is 25.0 Å². The summed E-state index contributed by atoms with van der Waals surface area (Å²) >= 11 is 0. The second kappa shape index (κ2) is 12.6. The Morgan fingerprint density at radius 1 is 1.03 bits per heavy atom. The molecule has 1 fully saturated rings. The van der Waals surface area contributed by atoms with Crippen molar-refractivity contribution in [2.24, 2.45) is 0 Å². The molecule has 0 radical (unpaired) electrons. The Morgan fingerprint density at radius 3 is 2.22 bits per heavy atom. The maximum atomic E-state index is 13.5. The molecule has 1 aliphatic rings. The number of piperazine rings is 1. The van der Waals surface area contributed by atoms with Crippen molar-refractivity contribution in [3.63, 3.8) is 0 Å². The van der Waals surface area contributed by atoms with Crippen LogP contribution in [0.4, 0.5) is 10.5 Å². The number of nitrogens with one attached hydrogen (secondary N) is 1. The standard InChI is InChI=1S/C28H38N4O5/c1-28(2,32-18-16-31(17-19-32)27(35)36)15-14-25(33)29-24(20-21-8-6-5-7-9-21)26(34)30(3)22-10-12-23(37-4)13-11-22/h5-13,24H,14-20H2,1-4H3,(H,29,33)(H,35,36). The molecule has 3 rings (SSSR count). The van der Waals surface area contributed by atoms with E-state index in [1.54, 1.807) is 31.2 Å². The Bertz CT molecular complexity index is 1050. The highest BCUT2D eigenvalue weighted by Crippen LogP contribution is 2.23. The first kappa shape index (κ1) is 28.0. The topological polar surface area (TPSA) is 102 Å². The number of rotatable bonds is 10. The number of carbonyl (C=O) groups is 3. The van der Waals surface area contributed by atoms with Crippen LogP contribution in [0, 0.1) is 0 Å². The molecule has 9 heteroatoms. The van der Waals surface area contributed by atoms with Crippen LogP contribution in [0.5, 0.6) is 5.75 Å². The lowest BCUT2D eigenvalue weighted by Gasteiger charge is -2.43. The molecular weight excluding hydrogens is 472 g/mol. The Morgan fingerprint density at radius 2 is 1.65 bits per heavy atom. The molecule has 2 N–H and O–H groups in total. The zero-order valence-corrected chi connectivity index (χ0v) is 22.1. The number of carboxylic acid groups (broad SMARTS) is 1. The van der Waals surface area contributed by atoms with Gasteiger partial charge in [0.15, 0.2) is 0 Å². The minimum atomic E-state index is -0.898. The number of ether oxygens (including phenoxy) is 1. The number of hydrogen-bond donors (Lipinski definition) is 2. The van der Waals surface area contributed by atoms with Crippen molar-refractivity contribution in [3.8, 4) is 5.75 Å². The Balaban J connectivity index is 1.64. The minimum Gasteiger partial charge on any atom is -0.497 e. The first-order chi connectivity index (χ1) is 17.6. The molecule has 0 aliphatic carbocycles. The van der Waals surface area contributed by atoms with Gasteiger partial charge >= 0.3 is 6.09 Å². The fourth-order valence-corrected chi connectivity index (χ4v) is 4.56. The monoisotopic (exact) mass is 510 g/mol. The van der Waals surface area contributed by atoms with Crippen LogP contribution in [0.3, 0.4) is 0 Å². The molecule has 1 atom stereocenters. The van der Waals surface area contributed by atoms with Crippen molar-refractivity contribution >= 4 is 23.6 Å². The average molecular weight is 511 g/mol. The quantitative estimate of drug-likeness (QED) is 0.509. The van der Waals surface area contributed by atoms with Crippen LogP contribution >= 0.6 is 0 Å². The van der Waals surface area contributed by atoms with Gasteiger partial charge in [-0.1, -0.05) is 30.3 Å². The third kappa shape index (κ3) is 7.69. The molecule has 1 saturated heterocycles. The van der Waals surface area contributed by atoms with Gasteiger partial charge in [-0.25, -0.2) is 4.79 Å². The van der Waals surface area contributed by atoms with Gasteiger partial charge in [0.25, 0.3) is 0 Å². The number of carbonyl (C=O) groups excluding carboxylic acids is 2. The second-order valence-electron chi connectivity index (χ2n) is 9.97. The van der Waals surface area contributed by atoms with E-state index < -0.39 is 12.1 Å². The van der Waals surface area contributed by atoms with Crippen LogP contribution in [-0.2, 0) is 16.0 Å². The Labute approximate surface area is 219 Å². The molecule has 2 aromatic carbocycles. The third-order valence-corrected chi connectivity index (χ3v) is 7.08. The van der Waals surface area contributed by atoms with Gasteiger partial charge in [0.2, 0.25) is 11.8 Å². The van der Waals surface area contributed by atoms with E-state index in [1.165, 1.54) is 4.90 Å². The predicted molar refractivity (Wildman–Crippen MR) is 143 cm³/mol. The van der Waals surface area contributed by atoms with Gasteiger partial charge in [0.05, 0.1) is 7.11 Å². The number of anilines is 1. The summed E-state index contributed by atoms with van der Waals surface area (Å²) in [5.74, 6) is 0.312. The molecule has 0 spiro atoms. The Kier molecular flexibility index (Phi) is 9.52. The molecule has 2 aromatic rings. The molecule has 3 amide bonds. The zero-order valence-electron chi connectivity index (χ0n) is 22.1. The van der Waals surface area contributed by atoms with Crippen molar-refractivity contribution in [3.05, 3.63) is 60.2 Å².